The number of ether oxygens (including phenoxy) is 2. The van der Waals surface area contributed by atoms with Gasteiger partial charge >= 0.3 is 11.9 Å². The third kappa shape index (κ3) is 5.66. The summed E-state index contributed by atoms with van der Waals surface area (Å²) < 4.78 is 11.5. The number of Topliss-reactive ketones (excluding diaryl/α,β-unsaturated/α-hetero) is 1. The van der Waals surface area contributed by atoms with Crippen molar-refractivity contribution in [3.05, 3.63) is 116 Å². The van der Waals surface area contributed by atoms with Gasteiger partial charge in [0.2, 0.25) is 0 Å². The molecule has 0 bridgehead atoms. The Hall–Kier alpha value is -4.28. The summed E-state index contributed by atoms with van der Waals surface area (Å²) in [7, 11) is 1.26. The minimum absolute atomic E-state index is 0.0850. The van der Waals surface area contributed by atoms with Crippen LogP contribution >= 0.6 is 27.3 Å². The van der Waals surface area contributed by atoms with Crippen LogP contribution in [0, 0.1) is 13.8 Å². The highest BCUT2D eigenvalue weighted by molar-refractivity contribution is 9.10. The van der Waals surface area contributed by atoms with Gasteiger partial charge in [0.15, 0.2) is 5.13 Å². The molecular weight excluding hydrogens is 608 g/mol. The van der Waals surface area contributed by atoms with E-state index in [0.29, 0.717) is 29.2 Å². The predicted octanol–water partition coefficient (Wildman–Crippen LogP) is 6.51. The Balaban J connectivity index is 1.52. The molecule has 1 aliphatic rings. The van der Waals surface area contributed by atoms with Crippen molar-refractivity contribution in [2.75, 3.05) is 12.0 Å². The fraction of sp³-hybridized carbons (Fsp3) is 0.161. The maximum absolute atomic E-state index is 13.4. The summed E-state index contributed by atoms with van der Waals surface area (Å²) in [4.78, 5) is 44.9. The smallest absolute Gasteiger partial charge is 0.350 e. The fourth-order valence-corrected chi connectivity index (χ4v) is 5.87. The summed E-state index contributed by atoms with van der Waals surface area (Å²) in [5.41, 5.74) is 3.38. The molecule has 208 valence electrons. The zero-order chi connectivity index (χ0) is 29.3. The molecule has 1 atom stereocenters. The first kappa shape index (κ1) is 28.3. The van der Waals surface area contributed by atoms with E-state index in [1.807, 2.05) is 31.2 Å². The summed E-state index contributed by atoms with van der Waals surface area (Å²) in [6, 6.07) is 20.8. The lowest BCUT2D eigenvalue weighted by Crippen LogP contribution is -2.29. The number of hydrogen-bond acceptors (Lipinski definition) is 8. The number of aromatic nitrogens is 1. The minimum Gasteiger partial charge on any atom is -0.507 e. The molecule has 4 aromatic rings. The van der Waals surface area contributed by atoms with Gasteiger partial charge in [0.05, 0.1) is 24.4 Å². The van der Waals surface area contributed by atoms with Crippen LogP contribution in [0.3, 0.4) is 0 Å². The van der Waals surface area contributed by atoms with Crippen molar-refractivity contribution in [3.63, 3.8) is 0 Å². The topological polar surface area (TPSA) is 106 Å². The Labute approximate surface area is 249 Å². The van der Waals surface area contributed by atoms with E-state index in [9.17, 15) is 19.5 Å². The molecule has 0 radical (unpaired) electrons. The molecule has 2 heterocycles. The van der Waals surface area contributed by atoms with E-state index >= 15 is 0 Å². The standard InChI is InChI=1S/C31H25BrN2O6S/c1-17-5-4-6-19(15-17)16-40-23-13-9-21(10-14-23)26(35)24-25(20-7-11-22(32)12-8-20)34(29(37)27(24)36)31-33-18(2)28(41-31)30(38)39-3/h4-15,25,35H,16H2,1-3H3/t25-/m0/s1. The van der Waals surface area contributed by atoms with Crippen molar-refractivity contribution in [1.82, 2.24) is 4.98 Å². The highest BCUT2D eigenvalue weighted by atomic mass is 79.9. The van der Waals surface area contributed by atoms with Crippen molar-refractivity contribution in [3.8, 4) is 5.75 Å². The quantitative estimate of drug-likeness (QED) is 0.107. The molecule has 41 heavy (non-hydrogen) atoms. The number of hydrogen-bond donors (Lipinski definition) is 1. The van der Waals surface area contributed by atoms with Gasteiger partial charge in [0.1, 0.15) is 23.0 Å². The molecule has 1 aromatic heterocycles. The lowest BCUT2D eigenvalue weighted by Gasteiger charge is -2.23. The van der Waals surface area contributed by atoms with Crippen molar-refractivity contribution in [2.45, 2.75) is 26.5 Å². The molecule has 0 unspecified atom stereocenters. The van der Waals surface area contributed by atoms with Crippen molar-refractivity contribution < 1.29 is 29.0 Å². The van der Waals surface area contributed by atoms with Gasteiger partial charge < -0.3 is 14.6 Å². The number of halogens is 1. The summed E-state index contributed by atoms with van der Waals surface area (Å²) in [5.74, 6) is -2.05. The van der Waals surface area contributed by atoms with Gasteiger partial charge in [-0.05, 0) is 61.4 Å². The maximum Gasteiger partial charge on any atom is 0.350 e. The number of anilines is 1. The van der Waals surface area contributed by atoms with Crippen LogP contribution in [-0.4, -0.2) is 34.9 Å². The van der Waals surface area contributed by atoms with Gasteiger partial charge in [0, 0.05) is 10.0 Å². The second-order valence-electron chi connectivity index (χ2n) is 9.43. The molecule has 1 N–H and O–H groups in total. The number of carbonyl (C=O) groups is 3. The van der Waals surface area contributed by atoms with E-state index in [1.54, 1.807) is 55.5 Å². The van der Waals surface area contributed by atoms with Crippen LogP contribution in [0.4, 0.5) is 5.13 Å². The van der Waals surface area contributed by atoms with Crippen LogP contribution in [0.1, 0.15) is 43.7 Å². The van der Waals surface area contributed by atoms with Crippen LogP contribution in [0.15, 0.2) is 82.8 Å². The summed E-state index contributed by atoms with van der Waals surface area (Å²) >= 11 is 4.36. The van der Waals surface area contributed by atoms with E-state index in [-0.39, 0.29) is 21.3 Å². The molecule has 0 spiro atoms. The molecule has 10 heteroatoms. The van der Waals surface area contributed by atoms with Gasteiger partial charge in [-0.2, -0.15) is 0 Å². The van der Waals surface area contributed by atoms with E-state index in [2.05, 4.69) is 20.9 Å². The molecule has 3 aromatic carbocycles. The van der Waals surface area contributed by atoms with E-state index in [4.69, 9.17) is 9.47 Å². The average molecular weight is 634 g/mol. The van der Waals surface area contributed by atoms with Gasteiger partial charge in [-0.25, -0.2) is 9.78 Å². The van der Waals surface area contributed by atoms with Gasteiger partial charge in [-0.15, -0.1) is 0 Å². The Morgan fingerprint density at radius 1 is 1.05 bits per heavy atom. The van der Waals surface area contributed by atoms with Crippen LogP contribution in [-0.2, 0) is 20.9 Å². The van der Waals surface area contributed by atoms with Crippen molar-refractivity contribution in [2.24, 2.45) is 0 Å². The van der Waals surface area contributed by atoms with Crippen LogP contribution < -0.4 is 9.64 Å². The number of methoxy groups -OCH3 is 1. The van der Waals surface area contributed by atoms with E-state index in [1.165, 1.54) is 12.0 Å². The average Bonchev–Trinajstić information content (AvgIpc) is 3.48. The Bertz CT molecular complexity index is 1680. The SMILES string of the molecule is COC(=O)c1sc(N2C(=O)C(=O)C(=C(O)c3ccc(OCc4cccc(C)c4)cc3)[C@@H]2c2ccc(Br)cc2)nc1C. The summed E-state index contributed by atoms with van der Waals surface area (Å²) in [6.45, 7) is 4.02. The normalized spacial score (nSPS) is 16.2. The van der Waals surface area contributed by atoms with Gasteiger partial charge in [-0.3, -0.25) is 14.5 Å². The molecule has 8 nitrogen and oxygen atoms in total. The molecule has 0 aliphatic carbocycles. The molecule has 5 rings (SSSR count). The summed E-state index contributed by atoms with van der Waals surface area (Å²) in [6.07, 6.45) is 0. The van der Waals surface area contributed by atoms with Crippen molar-refractivity contribution >= 4 is 55.8 Å². The highest BCUT2D eigenvalue weighted by Gasteiger charge is 2.48. The number of amides is 1. The number of aliphatic hydroxyl groups excluding tert-OH is 1. The van der Waals surface area contributed by atoms with Crippen molar-refractivity contribution in [1.29, 1.82) is 0 Å². The number of ketones is 1. The Morgan fingerprint density at radius 2 is 1.76 bits per heavy atom. The monoisotopic (exact) mass is 632 g/mol. The van der Waals surface area contributed by atoms with Crippen LogP contribution in [0.25, 0.3) is 5.76 Å². The molecule has 0 saturated carbocycles. The second kappa shape index (κ2) is 11.7. The third-order valence-corrected chi connectivity index (χ3v) is 8.27. The largest absolute Gasteiger partial charge is 0.507 e. The number of benzene rings is 3. The summed E-state index contributed by atoms with van der Waals surface area (Å²) in [5, 5.41) is 11.6. The third-order valence-electron chi connectivity index (χ3n) is 6.61. The van der Waals surface area contributed by atoms with E-state index < -0.39 is 23.7 Å². The molecular formula is C31H25BrN2O6S. The lowest BCUT2D eigenvalue weighted by atomic mass is 9.95. The number of rotatable bonds is 7. The predicted molar refractivity (Wildman–Crippen MR) is 159 cm³/mol. The Morgan fingerprint density at radius 3 is 2.41 bits per heavy atom. The fourth-order valence-electron chi connectivity index (χ4n) is 4.59. The number of aliphatic hydroxyl groups is 1. The molecule has 1 amide bonds. The molecule has 1 aliphatic heterocycles. The zero-order valence-corrected chi connectivity index (χ0v) is 24.8. The highest BCUT2D eigenvalue weighted by Crippen LogP contribution is 2.44. The second-order valence-corrected chi connectivity index (χ2v) is 11.3. The zero-order valence-electron chi connectivity index (χ0n) is 22.4. The first-order chi connectivity index (χ1) is 19.7. The number of esters is 1. The number of carbonyl (C=O) groups excluding carboxylic acids is 3. The number of thiazole rings is 1. The Kier molecular flexibility index (Phi) is 8.05. The van der Waals surface area contributed by atoms with Gasteiger partial charge in [-0.1, -0.05) is 69.2 Å². The molecule has 1 saturated heterocycles. The van der Waals surface area contributed by atoms with Crippen LogP contribution in [0.2, 0.25) is 0 Å². The van der Waals surface area contributed by atoms with Crippen LogP contribution in [0.5, 0.6) is 5.75 Å². The molecule has 1 fully saturated rings. The van der Waals surface area contributed by atoms with E-state index in [0.717, 1.165) is 26.9 Å². The maximum atomic E-state index is 13.4. The minimum atomic E-state index is -0.976. The van der Waals surface area contributed by atoms with Gasteiger partial charge in [0.25, 0.3) is 5.78 Å². The first-order valence-corrected chi connectivity index (χ1v) is 14.2. The number of aryl methyl sites for hydroxylation is 2. The number of nitrogens with zero attached hydrogens (tertiary/aromatic N) is 2. The first-order valence-electron chi connectivity index (χ1n) is 12.6. The lowest BCUT2D eigenvalue weighted by molar-refractivity contribution is -0.132.